The van der Waals surface area contributed by atoms with Crippen molar-refractivity contribution in [3.8, 4) is 0 Å². The number of benzene rings is 2. The molecule has 0 fully saturated rings. The molecule has 0 N–H and O–H groups in total. The molecule has 0 saturated carbocycles. The summed E-state index contributed by atoms with van der Waals surface area (Å²) in [6.45, 7) is 4.24. The normalized spacial score (nSPS) is 11.9. The number of carbonyl (C=O) groups is 1. The number of amides is 1. The highest BCUT2D eigenvalue weighted by Gasteiger charge is 2.13. The van der Waals surface area contributed by atoms with Crippen LogP contribution < -0.4 is 4.80 Å². The zero-order chi connectivity index (χ0) is 17.3. The molecule has 1 heterocycles. The zero-order valence-corrected chi connectivity index (χ0v) is 15.4. The van der Waals surface area contributed by atoms with Crippen molar-refractivity contribution in [1.82, 2.24) is 4.57 Å². The Hall–Kier alpha value is -1.59. The highest BCUT2D eigenvalue weighted by Crippen LogP contribution is 2.26. The zero-order valence-electron chi connectivity index (χ0n) is 12.3. The minimum atomic E-state index is -0.433. The third kappa shape index (κ3) is 3.28. The minimum absolute atomic E-state index is 0.269. The first-order valence-corrected chi connectivity index (χ1v) is 8.89. The van der Waals surface area contributed by atoms with E-state index in [0.29, 0.717) is 27.0 Å². The van der Waals surface area contributed by atoms with E-state index in [9.17, 15) is 4.79 Å². The molecule has 7 heteroatoms. The number of aromatic nitrogens is 1. The molecule has 122 valence electrons. The second-order valence-corrected chi connectivity index (χ2v) is 7.17. The van der Waals surface area contributed by atoms with E-state index in [-0.39, 0.29) is 5.02 Å². The Morgan fingerprint density at radius 1 is 1.21 bits per heavy atom. The second-order valence-electron chi connectivity index (χ2n) is 4.91. The number of nitrogens with zero attached hydrogens (tertiary/aromatic N) is 2. The Balaban J connectivity index is 2.19. The maximum atomic E-state index is 12.5. The number of halogens is 3. The summed E-state index contributed by atoms with van der Waals surface area (Å²) < 4.78 is 2.80. The van der Waals surface area contributed by atoms with Crippen LogP contribution in [0.3, 0.4) is 0 Å². The van der Waals surface area contributed by atoms with Crippen LogP contribution in [0.25, 0.3) is 10.2 Å². The molecule has 0 spiro atoms. The molecule has 3 nitrogen and oxygen atoms in total. The second kappa shape index (κ2) is 7.11. The number of para-hydroxylation sites is 1. The molecule has 3 rings (SSSR count). The van der Waals surface area contributed by atoms with Gasteiger partial charge >= 0.3 is 0 Å². The van der Waals surface area contributed by atoms with Gasteiger partial charge in [-0.1, -0.05) is 58.3 Å². The van der Waals surface area contributed by atoms with Crippen molar-refractivity contribution < 1.29 is 4.79 Å². The standard InChI is InChI=1S/C17H11Cl3N2OS/c1-2-8-22-15-12(19)4-3-5-14(15)24-17(22)21-16(23)11-7-6-10(18)9-13(11)20/h2-7,9H,1,8H2. The lowest BCUT2D eigenvalue weighted by Crippen LogP contribution is -2.16. The molecule has 0 aliphatic rings. The van der Waals surface area contributed by atoms with Crippen LogP contribution >= 0.6 is 46.1 Å². The largest absolute Gasteiger partial charge is 0.311 e. The van der Waals surface area contributed by atoms with E-state index in [2.05, 4.69) is 11.6 Å². The van der Waals surface area contributed by atoms with Gasteiger partial charge in [-0.05, 0) is 30.3 Å². The van der Waals surface area contributed by atoms with Gasteiger partial charge in [0, 0.05) is 11.6 Å². The van der Waals surface area contributed by atoms with Gasteiger partial charge in [-0.15, -0.1) is 6.58 Å². The lowest BCUT2D eigenvalue weighted by molar-refractivity contribution is 0.0998. The van der Waals surface area contributed by atoms with Gasteiger partial charge in [0.05, 0.1) is 25.8 Å². The van der Waals surface area contributed by atoms with Crippen LogP contribution in [0.15, 0.2) is 54.0 Å². The van der Waals surface area contributed by atoms with Crippen LogP contribution in [0.1, 0.15) is 10.4 Å². The number of thiazole rings is 1. The fraction of sp³-hybridized carbons (Fsp3) is 0.0588. The topological polar surface area (TPSA) is 34.4 Å². The minimum Gasteiger partial charge on any atom is -0.311 e. The van der Waals surface area contributed by atoms with Crippen molar-refractivity contribution in [3.05, 3.63) is 74.5 Å². The molecule has 0 radical (unpaired) electrons. The summed E-state index contributed by atoms with van der Waals surface area (Å²) in [6.07, 6.45) is 1.73. The van der Waals surface area contributed by atoms with Crippen molar-refractivity contribution in [3.63, 3.8) is 0 Å². The SMILES string of the molecule is C=CCn1c(=NC(=O)c2ccc(Cl)cc2Cl)sc2cccc(Cl)c21. The van der Waals surface area contributed by atoms with E-state index in [4.69, 9.17) is 34.8 Å². The number of fused-ring (bicyclic) bond motifs is 1. The summed E-state index contributed by atoms with van der Waals surface area (Å²) in [7, 11) is 0. The molecule has 0 saturated heterocycles. The van der Waals surface area contributed by atoms with Crippen LogP contribution in [0.4, 0.5) is 0 Å². The van der Waals surface area contributed by atoms with Gasteiger partial charge in [0.1, 0.15) is 0 Å². The molecule has 0 atom stereocenters. The Morgan fingerprint density at radius 3 is 2.71 bits per heavy atom. The fourth-order valence-corrected chi connectivity index (χ4v) is 4.17. The van der Waals surface area contributed by atoms with Crippen molar-refractivity contribution >= 4 is 62.3 Å². The number of allylic oxidation sites excluding steroid dienone is 1. The number of hydrogen-bond acceptors (Lipinski definition) is 2. The van der Waals surface area contributed by atoms with Gasteiger partial charge in [-0.25, -0.2) is 0 Å². The summed E-state index contributed by atoms with van der Waals surface area (Å²) in [4.78, 5) is 17.3. The molecule has 1 aromatic heterocycles. The van der Waals surface area contributed by atoms with Crippen LogP contribution in [-0.4, -0.2) is 10.5 Å². The van der Waals surface area contributed by atoms with E-state index in [0.717, 1.165) is 10.2 Å². The molecule has 0 aliphatic carbocycles. The lowest BCUT2D eigenvalue weighted by Gasteiger charge is -2.03. The van der Waals surface area contributed by atoms with Crippen molar-refractivity contribution in [2.75, 3.05) is 0 Å². The molecule has 2 aromatic carbocycles. The van der Waals surface area contributed by atoms with Gasteiger partial charge in [-0.2, -0.15) is 4.99 Å². The maximum Gasteiger partial charge on any atom is 0.281 e. The number of hydrogen-bond donors (Lipinski definition) is 0. The van der Waals surface area contributed by atoms with Crippen molar-refractivity contribution in [2.24, 2.45) is 4.99 Å². The molecule has 3 aromatic rings. The molecule has 0 aliphatic heterocycles. The number of rotatable bonds is 3. The summed E-state index contributed by atoms with van der Waals surface area (Å²) >= 11 is 19.6. The summed E-state index contributed by atoms with van der Waals surface area (Å²) in [5.74, 6) is -0.433. The molecular formula is C17H11Cl3N2OS. The predicted molar refractivity (Wildman–Crippen MR) is 101 cm³/mol. The highest BCUT2D eigenvalue weighted by molar-refractivity contribution is 7.16. The first-order valence-electron chi connectivity index (χ1n) is 6.94. The highest BCUT2D eigenvalue weighted by atomic mass is 35.5. The molecule has 0 unspecified atom stereocenters. The Bertz CT molecular complexity index is 1020. The molecule has 0 bridgehead atoms. The van der Waals surface area contributed by atoms with E-state index in [1.54, 1.807) is 24.3 Å². The summed E-state index contributed by atoms with van der Waals surface area (Å²) in [5, 5.41) is 1.33. The van der Waals surface area contributed by atoms with E-state index >= 15 is 0 Å². The van der Waals surface area contributed by atoms with Crippen molar-refractivity contribution in [1.29, 1.82) is 0 Å². The molecular weight excluding hydrogens is 387 g/mol. The third-order valence-electron chi connectivity index (χ3n) is 3.32. The summed E-state index contributed by atoms with van der Waals surface area (Å²) in [5.41, 5.74) is 1.13. The average molecular weight is 398 g/mol. The van der Waals surface area contributed by atoms with Gasteiger partial charge in [-0.3, -0.25) is 4.79 Å². The van der Waals surface area contributed by atoms with Gasteiger partial charge < -0.3 is 4.57 Å². The van der Waals surface area contributed by atoms with Gasteiger partial charge in [0.2, 0.25) is 0 Å². The van der Waals surface area contributed by atoms with Crippen molar-refractivity contribution in [2.45, 2.75) is 6.54 Å². The Morgan fingerprint density at radius 2 is 2.00 bits per heavy atom. The predicted octanol–water partition coefficient (Wildman–Crippen LogP) is 5.59. The average Bonchev–Trinajstić information content (AvgIpc) is 2.86. The van der Waals surface area contributed by atoms with Crippen LogP contribution in [0.2, 0.25) is 15.1 Å². The Kier molecular flexibility index (Phi) is 5.11. The van der Waals surface area contributed by atoms with Crippen LogP contribution in [-0.2, 0) is 6.54 Å². The number of carbonyl (C=O) groups excluding carboxylic acids is 1. The monoisotopic (exact) mass is 396 g/mol. The quantitative estimate of drug-likeness (QED) is 0.530. The Labute approximate surface area is 157 Å². The van der Waals surface area contributed by atoms with E-state index in [1.165, 1.54) is 17.4 Å². The lowest BCUT2D eigenvalue weighted by atomic mass is 10.2. The molecule has 1 amide bonds. The maximum absolute atomic E-state index is 12.5. The first-order chi connectivity index (χ1) is 11.5. The summed E-state index contributed by atoms with van der Waals surface area (Å²) in [6, 6.07) is 10.3. The first kappa shape index (κ1) is 17.2. The fourth-order valence-electron chi connectivity index (χ4n) is 2.28. The van der Waals surface area contributed by atoms with Crippen LogP contribution in [0, 0.1) is 0 Å². The smallest absolute Gasteiger partial charge is 0.281 e. The van der Waals surface area contributed by atoms with Crippen LogP contribution in [0.5, 0.6) is 0 Å². The van der Waals surface area contributed by atoms with E-state index in [1.807, 2.05) is 16.7 Å². The van der Waals surface area contributed by atoms with E-state index < -0.39 is 5.91 Å². The van der Waals surface area contributed by atoms with Gasteiger partial charge in [0.15, 0.2) is 4.80 Å². The van der Waals surface area contributed by atoms with Gasteiger partial charge in [0.25, 0.3) is 5.91 Å². The third-order valence-corrected chi connectivity index (χ3v) is 5.22. The molecule has 24 heavy (non-hydrogen) atoms.